The van der Waals surface area contributed by atoms with E-state index in [1.165, 1.54) is 30.1 Å². The summed E-state index contributed by atoms with van der Waals surface area (Å²) in [7, 11) is 0. The van der Waals surface area contributed by atoms with Gasteiger partial charge in [0.25, 0.3) is 0 Å². The number of rotatable bonds is 5. The molecule has 0 radical (unpaired) electrons. The van der Waals surface area contributed by atoms with E-state index >= 15 is 0 Å². The number of thioether (sulfide) groups is 1. The Labute approximate surface area is 116 Å². The molecule has 108 valence electrons. The zero-order valence-electron chi connectivity index (χ0n) is 10.3. The number of hydrogen-bond donors (Lipinski definition) is 0. The van der Waals surface area contributed by atoms with Crippen molar-refractivity contribution in [2.45, 2.75) is 12.5 Å². The Hall–Kier alpha value is -1.57. The fraction of sp³-hybridized carbons (Fsp3) is 0.333. The average Bonchev–Trinajstić information content (AvgIpc) is 2.79. The van der Waals surface area contributed by atoms with Gasteiger partial charge in [-0.3, -0.25) is 9.36 Å². The Balaban J connectivity index is 2.66. The van der Waals surface area contributed by atoms with Gasteiger partial charge in [0.15, 0.2) is 5.78 Å². The Morgan fingerprint density at radius 1 is 1.50 bits per heavy atom. The number of nitrogens with zero attached hydrogens (tertiary/aromatic N) is 2. The first kappa shape index (κ1) is 14.8. The standard InChI is InChI=1S/C12H10F4N2OS/c1-20-6-9(19)8-5-18(12(15,16)11(13)14)10-7(8)3-2-4-17-10/h2-5,11H,6H2,1H3. The number of ketones is 1. The molecule has 2 aromatic rings. The summed E-state index contributed by atoms with van der Waals surface area (Å²) in [6, 6.07) is -1.54. The predicted octanol–water partition coefficient (Wildman–Crippen LogP) is 3.40. The van der Waals surface area contributed by atoms with Gasteiger partial charge in [0.1, 0.15) is 5.65 Å². The minimum absolute atomic E-state index is 0.0252. The molecule has 0 N–H and O–H groups in total. The van der Waals surface area contributed by atoms with E-state index in [-0.39, 0.29) is 26.9 Å². The van der Waals surface area contributed by atoms with Gasteiger partial charge in [-0.2, -0.15) is 20.5 Å². The number of hydrogen-bond acceptors (Lipinski definition) is 3. The molecule has 2 rings (SSSR count). The van der Waals surface area contributed by atoms with Crippen molar-refractivity contribution in [1.29, 1.82) is 0 Å². The molecule has 0 bridgehead atoms. The van der Waals surface area contributed by atoms with Crippen molar-refractivity contribution in [2.24, 2.45) is 0 Å². The quantitative estimate of drug-likeness (QED) is 0.627. The summed E-state index contributed by atoms with van der Waals surface area (Å²) < 4.78 is 52.1. The van der Waals surface area contributed by atoms with Crippen LogP contribution in [0, 0.1) is 0 Å². The predicted molar refractivity (Wildman–Crippen MR) is 68.6 cm³/mol. The van der Waals surface area contributed by atoms with Crippen molar-refractivity contribution in [3.8, 4) is 0 Å². The lowest BCUT2D eigenvalue weighted by Crippen LogP contribution is -2.31. The number of pyridine rings is 1. The molecule has 0 aliphatic heterocycles. The van der Waals surface area contributed by atoms with Gasteiger partial charge in [-0.15, -0.1) is 0 Å². The van der Waals surface area contributed by atoms with Crippen LogP contribution in [-0.2, 0) is 6.05 Å². The van der Waals surface area contributed by atoms with E-state index in [4.69, 9.17) is 0 Å². The number of alkyl halides is 4. The third-order valence-corrected chi connectivity index (χ3v) is 3.27. The molecule has 0 aliphatic rings. The highest BCUT2D eigenvalue weighted by Gasteiger charge is 2.44. The minimum Gasteiger partial charge on any atom is -0.293 e. The van der Waals surface area contributed by atoms with E-state index < -0.39 is 18.3 Å². The van der Waals surface area contributed by atoms with Crippen LogP contribution in [-0.4, -0.2) is 33.8 Å². The van der Waals surface area contributed by atoms with Crippen molar-refractivity contribution >= 4 is 28.6 Å². The molecule has 2 aromatic heterocycles. The van der Waals surface area contributed by atoms with Crippen LogP contribution in [0.2, 0.25) is 0 Å². The first-order chi connectivity index (χ1) is 9.39. The second-order valence-corrected chi connectivity index (χ2v) is 4.90. The highest BCUT2D eigenvalue weighted by Crippen LogP contribution is 2.34. The van der Waals surface area contributed by atoms with Gasteiger partial charge in [-0.1, -0.05) is 0 Å². The topological polar surface area (TPSA) is 34.9 Å². The van der Waals surface area contributed by atoms with E-state index in [1.54, 1.807) is 6.26 Å². The number of aromatic nitrogens is 2. The molecule has 0 atom stereocenters. The Morgan fingerprint density at radius 3 is 2.80 bits per heavy atom. The highest BCUT2D eigenvalue weighted by molar-refractivity contribution is 7.99. The summed E-state index contributed by atoms with van der Waals surface area (Å²) in [6.45, 7) is 0. The van der Waals surface area contributed by atoms with Crippen LogP contribution in [0.4, 0.5) is 17.6 Å². The average molecular weight is 306 g/mol. The van der Waals surface area contributed by atoms with E-state index in [2.05, 4.69) is 4.98 Å². The third kappa shape index (κ3) is 2.39. The molecular weight excluding hydrogens is 296 g/mol. The molecule has 2 heterocycles. The second-order valence-electron chi connectivity index (χ2n) is 4.03. The number of Topliss-reactive ketones (excluding diaryl/α,β-unsaturated/α-hetero) is 1. The molecule has 0 aromatic carbocycles. The lowest BCUT2D eigenvalue weighted by atomic mass is 10.1. The molecule has 8 heteroatoms. The maximum atomic E-state index is 13.5. The largest absolute Gasteiger partial charge is 0.390 e. The maximum Gasteiger partial charge on any atom is 0.390 e. The maximum absolute atomic E-state index is 13.5. The summed E-state index contributed by atoms with van der Waals surface area (Å²) in [6.07, 6.45) is -0.238. The second kappa shape index (κ2) is 5.43. The van der Waals surface area contributed by atoms with Crippen molar-refractivity contribution < 1.29 is 22.4 Å². The van der Waals surface area contributed by atoms with Crippen molar-refractivity contribution in [3.63, 3.8) is 0 Å². The molecule has 20 heavy (non-hydrogen) atoms. The first-order valence-electron chi connectivity index (χ1n) is 5.54. The molecule has 3 nitrogen and oxygen atoms in total. The van der Waals surface area contributed by atoms with E-state index in [0.29, 0.717) is 0 Å². The van der Waals surface area contributed by atoms with Crippen LogP contribution >= 0.6 is 11.8 Å². The normalized spacial score (nSPS) is 12.3. The van der Waals surface area contributed by atoms with E-state index in [9.17, 15) is 22.4 Å². The van der Waals surface area contributed by atoms with Crippen LogP contribution in [0.5, 0.6) is 0 Å². The third-order valence-electron chi connectivity index (χ3n) is 2.72. The number of fused-ring (bicyclic) bond motifs is 1. The van der Waals surface area contributed by atoms with Crippen molar-refractivity contribution in [1.82, 2.24) is 9.55 Å². The summed E-state index contributed by atoms with van der Waals surface area (Å²) in [5.74, 6) is -0.326. The highest BCUT2D eigenvalue weighted by atomic mass is 32.2. The molecule has 0 aliphatic carbocycles. The summed E-state index contributed by atoms with van der Waals surface area (Å²) in [5.41, 5.74) is -0.356. The Bertz CT molecular complexity index is 641. The molecule has 0 spiro atoms. The SMILES string of the molecule is CSCC(=O)c1cn(C(F)(F)C(F)F)c2ncccc12. The zero-order valence-corrected chi connectivity index (χ0v) is 11.1. The Morgan fingerprint density at radius 2 is 2.20 bits per heavy atom. The van der Waals surface area contributed by atoms with Crippen LogP contribution in [0.1, 0.15) is 10.4 Å². The molecule has 0 saturated carbocycles. The monoisotopic (exact) mass is 306 g/mol. The lowest BCUT2D eigenvalue weighted by molar-refractivity contribution is -0.187. The number of halogens is 4. The molecule has 0 unspecified atom stereocenters. The Kier molecular flexibility index (Phi) is 4.03. The van der Waals surface area contributed by atoms with Gasteiger partial charge in [0.2, 0.25) is 0 Å². The van der Waals surface area contributed by atoms with Crippen molar-refractivity contribution in [2.75, 3.05) is 12.0 Å². The summed E-state index contributed by atoms with van der Waals surface area (Å²) in [5, 5.41) is 0.145. The van der Waals surface area contributed by atoms with Gasteiger partial charge in [-0.05, 0) is 18.4 Å². The van der Waals surface area contributed by atoms with E-state index in [0.717, 1.165) is 6.20 Å². The van der Waals surface area contributed by atoms with Crippen molar-refractivity contribution in [3.05, 3.63) is 30.1 Å². The van der Waals surface area contributed by atoms with Crippen LogP contribution < -0.4 is 0 Å². The van der Waals surface area contributed by atoms with Gasteiger partial charge in [-0.25, -0.2) is 13.8 Å². The fourth-order valence-electron chi connectivity index (χ4n) is 1.82. The zero-order chi connectivity index (χ0) is 14.9. The first-order valence-corrected chi connectivity index (χ1v) is 6.93. The van der Waals surface area contributed by atoms with Gasteiger partial charge < -0.3 is 0 Å². The molecule has 0 saturated heterocycles. The molecule has 0 fully saturated rings. The van der Waals surface area contributed by atoms with Gasteiger partial charge in [0, 0.05) is 23.3 Å². The number of carbonyl (C=O) groups excluding carboxylic acids is 1. The van der Waals surface area contributed by atoms with Crippen LogP contribution in [0.15, 0.2) is 24.5 Å². The van der Waals surface area contributed by atoms with E-state index in [1.807, 2.05) is 0 Å². The lowest BCUT2D eigenvalue weighted by Gasteiger charge is -2.17. The molecular formula is C12H10F4N2OS. The fourth-order valence-corrected chi connectivity index (χ4v) is 2.24. The van der Waals surface area contributed by atoms with Gasteiger partial charge >= 0.3 is 12.5 Å². The van der Waals surface area contributed by atoms with Gasteiger partial charge in [0.05, 0.1) is 5.75 Å². The number of carbonyl (C=O) groups is 1. The van der Waals surface area contributed by atoms with Crippen LogP contribution in [0.25, 0.3) is 11.0 Å². The van der Waals surface area contributed by atoms with Crippen LogP contribution in [0.3, 0.4) is 0 Å². The minimum atomic E-state index is -4.41. The summed E-state index contributed by atoms with van der Waals surface area (Å²) >= 11 is 1.22. The summed E-state index contributed by atoms with van der Waals surface area (Å²) in [4.78, 5) is 15.6. The molecule has 0 amide bonds. The smallest absolute Gasteiger partial charge is 0.293 e.